The van der Waals surface area contributed by atoms with Crippen LogP contribution < -0.4 is 42.2 Å². The number of amides is 1. The number of hydrogen-bond donors (Lipinski definition) is 4. The predicted octanol–water partition coefficient (Wildman–Crippen LogP) is 1.11. The number of fused-ring (bicyclic) bond motifs is 4. The van der Waals surface area contributed by atoms with Crippen LogP contribution >= 0.6 is 0 Å². The Morgan fingerprint density at radius 2 is 2.14 bits per heavy atom. The zero-order valence-electron chi connectivity index (χ0n) is 19.8. The number of alkyl halides is 1. The van der Waals surface area contributed by atoms with Gasteiger partial charge in [-0.15, -0.1) is 0 Å². The molecule has 1 aromatic carbocycles. The number of rotatable bonds is 3. The van der Waals surface area contributed by atoms with Crippen molar-refractivity contribution in [2.45, 2.75) is 29.7 Å². The van der Waals surface area contributed by atoms with Gasteiger partial charge >= 0.3 is 215 Å². The molecular weight excluding hydrogens is 562 g/mol. The second kappa shape index (κ2) is 10.4. The first-order chi connectivity index (χ1) is 17.0. The van der Waals surface area contributed by atoms with Crippen LogP contribution in [0.5, 0.6) is 5.75 Å². The number of H-pyrrole nitrogens is 1. The molecule has 1 unspecified atom stereocenters. The zero-order chi connectivity index (χ0) is 24.4. The van der Waals surface area contributed by atoms with E-state index < -0.39 is 5.82 Å². The molecule has 5 rings (SSSR count). The first kappa shape index (κ1) is 23.9. The van der Waals surface area contributed by atoms with Crippen LogP contribution in [-0.4, -0.2) is 50.3 Å². The molecule has 35 heavy (non-hydrogen) atoms. The van der Waals surface area contributed by atoms with Crippen LogP contribution in [0.3, 0.4) is 0 Å². The van der Waals surface area contributed by atoms with Crippen LogP contribution in [0, 0.1) is 5.82 Å². The van der Waals surface area contributed by atoms with E-state index in [2.05, 4.69) is 36.1 Å². The summed E-state index contributed by atoms with van der Waals surface area (Å²) in [5, 5.41) is 10.1. The van der Waals surface area contributed by atoms with Crippen molar-refractivity contribution in [1.29, 1.82) is 0 Å². The molecule has 2 aliphatic rings. The molecule has 1 amide bonds. The molecule has 2 aromatic heterocycles. The molecule has 4 heterocycles. The minimum atomic E-state index is -0.471. The average Bonchev–Trinajstić information content (AvgIpc) is 3.19. The number of aromatic amines is 1. The van der Waals surface area contributed by atoms with E-state index in [1.807, 2.05) is 12.3 Å². The van der Waals surface area contributed by atoms with E-state index >= 15 is 0 Å². The van der Waals surface area contributed by atoms with E-state index in [9.17, 15) is 9.18 Å². The fourth-order valence-corrected chi connectivity index (χ4v) is 7.42. The summed E-state index contributed by atoms with van der Waals surface area (Å²) in [6.45, 7) is 1.87. The summed E-state index contributed by atoms with van der Waals surface area (Å²) >= 11 is -0.373. The summed E-state index contributed by atoms with van der Waals surface area (Å²) in [6, 6.07) is 6.64. The first-order valence-corrected chi connectivity index (χ1v) is 13.9. The summed E-state index contributed by atoms with van der Waals surface area (Å²) in [5.74, 6) is -0.493. The van der Waals surface area contributed by atoms with E-state index in [0.29, 0.717) is 16.9 Å². The maximum atomic E-state index is 14.5. The van der Waals surface area contributed by atoms with Gasteiger partial charge in [-0.3, -0.25) is 0 Å². The topological polar surface area (TPSA) is 94.3 Å². The van der Waals surface area contributed by atoms with Crippen molar-refractivity contribution in [2.75, 3.05) is 37.9 Å². The van der Waals surface area contributed by atoms with Gasteiger partial charge in [-0.25, -0.2) is 0 Å². The number of carbonyl (C=O) groups is 1. The summed E-state index contributed by atoms with van der Waals surface area (Å²) in [5.41, 5.74) is 5.06. The molecule has 0 radical (unpaired) electrons. The van der Waals surface area contributed by atoms with Gasteiger partial charge in [-0.2, -0.15) is 0 Å². The van der Waals surface area contributed by atoms with E-state index in [-0.39, 0.29) is 37.2 Å². The third-order valence-electron chi connectivity index (χ3n) is 6.24. The van der Waals surface area contributed by atoms with Crippen molar-refractivity contribution in [3.05, 3.63) is 53.7 Å². The standard InChI is InChI=1S/C25H29FIN6O2/c1-33-12-5-3-4-10-29-19-14-28-11-9-15(19)22-23(30-17-8-6-7-16(26)24(17)35-2)21-18(31-22)13-20(27-33)32-25(21)34/h6-9,11,14,20,29-31H,3-5,10,12-13H2,1-2H3,(H,32,34)/q-1. The molecule has 0 saturated carbocycles. The van der Waals surface area contributed by atoms with E-state index in [1.165, 1.54) is 13.2 Å². The van der Waals surface area contributed by atoms with Crippen molar-refractivity contribution in [2.24, 2.45) is 0 Å². The Morgan fingerprint density at radius 1 is 1.26 bits per heavy atom. The number of benzene rings is 1. The third kappa shape index (κ3) is 4.94. The summed E-state index contributed by atoms with van der Waals surface area (Å²) in [6.07, 6.45) is 7.61. The van der Waals surface area contributed by atoms with Gasteiger partial charge in [0.15, 0.2) is 0 Å². The zero-order valence-corrected chi connectivity index (χ0v) is 21.9. The Kier molecular flexibility index (Phi) is 7.09. The number of pyridine rings is 1. The number of nitrogens with one attached hydrogen (secondary N) is 4. The quantitative estimate of drug-likeness (QED) is 0.158. The molecule has 8 nitrogen and oxygen atoms in total. The van der Waals surface area contributed by atoms with Crippen LogP contribution in [0.15, 0.2) is 36.7 Å². The second-order valence-corrected chi connectivity index (χ2v) is 12.4. The van der Waals surface area contributed by atoms with Gasteiger partial charge in [-0.1, -0.05) is 0 Å². The number of para-hydroxylation sites is 1. The van der Waals surface area contributed by atoms with Crippen molar-refractivity contribution in [3.8, 4) is 17.0 Å². The van der Waals surface area contributed by atoms with Gasteiger partial charge in [0, 0.05) is 0 Å². The van der Waals surface area contributed by atoms with Gasteiger partial charge in [-0.05, 0) is 0 Å². The summed E-state index contributed by atoms with van der Waals surface area (Å²) < 4.78 is 22.3. The van der Waals surface area contributed by atoms with Crippen LogP contribution in [0.4, 0.5) is 21.5 Å². The van der Waals surface area contributed by atoms with Crippen molar-refractivity contribution >= 4 is 23.0 Å². The predicted molar refractivity (Wildman–Crippen MR) is 130 cm³/mol. The monoisotopic (exact) mass is 591 g/mol. The Morgan fingerprint density at radius 3 is 3.00 bits per heavy atom. The van der Waals surface area contributed by atoms with Gasteiger partial charge in [0.2, 0.25) is 0 Å². The van der Waals surface area contributed by atoms with Crippen molar-refractivity contribution in [1.82, 2.24) is 18.4 Å². The maximum absolute atomic E-state index is 14.5. The first-order valence-electron chi connectivity index (χ1n) is 11.7. The Labute approximate surface area is 214 Å². The molecule has 0 aliphatic carbocycles. The van der Waals surface area contributed by atoms with Gasteiger partial charge in [0.1, 0.15) is 0 Å². The van der Waals surface area contributed by atoms with Crippen LogP contribution in [-0.2, 0) is 6.42 Å². The molecule has 186 valence electrons. The number of carbonyl (C=O) groups excluding carboxylic acids is 1. The number of aromatic nitrogens is 2. The summed E-state index contributed by atoms with van der Waals surface area (Å²) in [7, 11) is 3.58. The number of ether oxygens (including phenoxy) is 1. The van der Waals surface area contributed by atoms with Crippen molar-refractivity contribution in [3.63, 3.8) is 0 Å². The molecule has 1 atom stereocenters. The molecule has 0 spiro atoms. The van der Waals surface area contributed by atoms with Gasteiger partial charge in [0.05, 0.1) is 0 Å². The molecular formula is C25H29FIN6O2-. The van der Waals surface area contributed by atoms with E-state index in [4.69, 9.17) is 4.74 Å². The fourth-order valence-electron chi connectivity index (χ4n) is 4.59. The average molecular weight is 591 g/mol. The van der Waals surface area contributed by atoms with Crippen LogP contribution in [0.2, 0.25) is 0 Å². The van der Waals surface area contributed by atoms with Crippen LogP contribution in [0.1, 0.15) is 35.3 Å². The molecule has 3 bridgehead atoms. The Bertz CT molecular complexity index is 1230. The number of methoxy groups -OCH3 is 1. The van der Waals surface area contributed by atoms with Crippen LogP contribution in [0.25, 0.3) is 11.3 Å². The van der Waals surface area contributed by atoms with Crippen molar-refractivity contribution < 1.29 is 35.4 Å². The molecule has 0 fully saturated rings. The number of hydrogen-bond acceptors (Lipinski definition) is 6. The fraction of sp³-hybridized carbons (Fsp3) is 0.360. The normalized spacial score (nSPS) is 18.8. The molecule has 4 N–H and O–H groups in total. The number of anilines is 3. The van der Waals surface area contributed by atoms with E-state index in [0.717, 1.165) is 61.4 Å². The third-order valence-corrected chi connectivity index (χ3v) is 9.10. The molecule has 10 heteroatoms. The van der Waals surface area contributed by atoms with Gasteiger partial charge in [0.25, 0.3) is 0 Å². The molecule has 0 saturated heterocycles. The van der Waals surface area contributed by atoms with E-state index in [1.54, 1.807) is 18.3 Å². The second-order valence-electron chi connectivity index (χ2n) is 8.65. The number of nitrogens with zero attached hydrogens (tertiary/aromatic N) is 2. The SMILES string of the molecule is COc1c(F)cccc1Nc1c2[nH]c3c1C(=O)NC(C3)[I-]N(C)CCCCCNc1cnccc1-2. The summed E-state index contributed by atoms with van der Waals surface area (Å²) in [4.78, 5) is 21.3. The van der Waals surface area contributed by atoms with Gasteiger partial charge < -0.3 is 0 Å². The minimum absolute atomic E-state index is 0.102. The molecule has 3 aromatic rings. The molecule has 2 aliphatic heterocycles. The number of halogens is 2. The Balaban J connectivity index is 1.65. The Hall–Kier alpha value is -2.86.